The van der Waals surface area contributed by atoms with E-state index in [9.17, 15) is 9.90 Å². The molecule has 0 unspecified atom stereocenters. The molecule has 6 rings (SSSR count). The molecule has 4 aromatic rings. The number of anilines is 5. The lowest BCUT2D eigenvalue weighted by Crippen LogP contribution is -2.44. The third kappa shape index (κ3) is 5.35. The van der Waals surface area contributed by atoms with Gasteiger partial charge in [-0.2, -0.15) is 5.26 Å². The van der Waals surface area contributed by atoms with Gasteiger partial charge >= 0.3 is 5.97 Å². The number of thiophene rings is 1. The maximum absolute atomic E-state index is 11.3. The van der Waals surface area contributed by atoms with E-state index in [1.54, 1.807) is 6.07 Å². The van der Waals surface area contributed by atoms with Crippen molar-refractivity contribution < 1.29 is 9.90 Å². The van der Waals surface area contributed by atoms with Gasteiger partial charge in [-0.25, -0.2) is 4.79 Å². The van der Waals surface area contributed by atoms with Crippen LogP contribution in [0, 0.1) is 11.3 Å². The topological polar surface area (TPSA) is 79.6 Å². The van der Waals surface area contributed by atoms with Gasteiger partial charge in [0.1, 0.15) is 11.6 Å². The molecule has 2 aliphatic heterocycles. The van der Waals surface area contributed by atoms with Gasteiger partial charge in [-0.15, -0.1) is 11.3 Å². The Balaban J connectivity index is 1.46. The zero-order chi connectivity index (χ0) is 31.2. The molecule has 0 aliphatic carbocycles. The predicted octanol–water partition coefficient (Wildman–Crippen LogP) is 9.09. The van der Waals surface area contributed by atoms with Gasteiger partial charge in [0.05, 0.1) is 0 Å². The molecule has 3 heterocycles. The number of carbonyl (C=O) groups is 1. The Bertz CT molecular complexity index is 1750. The van der Waals surface area contributed by atoms with Crippen LogP contribution in [-0.4, -0.2) is 31.2 Å². The van der Waals surface area contributed by atoms with Gasteiger partial charge < -0.3 is 20.2 Å². The minimum atomic E-state index is -1.22. The second-order valence-electron chi connectivity index (χ2n) is 13.0. The summed E-state index contributed by atoms with van der Waals surface area (Å²) in [5.74, 6) is -1.22. The van der Waals surface area contributed by atoms with Crippen molar-refractivity contribution in [2.45, 2.75) is 51.4 Å². The van der Waals surface area contributed by atoms with Gasteiger partial charge in [0.2, 0.25) is 0 Å². The van der Waals surface area contributed by atoms with Crippen LogP contribution in [0.2, 0.25) is 0 Å². The molecule has 44 heavy (non-hydrogen) atoms. The third-order valence-corrected chi connectivity index (χ3v) is 10.3. The largest absolute Gasteiger partial charge is 0.477 e. The molecular formula is C37H38N4O2S. The van der Waals surface area contributed by atoms with Gasteiger partial charge in [0, 0.05) is 58.3 Å². The van der Waals surface area contributed by atoms with E-state index in [2.05, 4.69) is 103 Å². The van der Waals surface area contributed by atoms with Crippen molar-refractivity contribution >= 4 is 51.8 Å². The summed E-state index contributed by atoms with van der Waals surface area (Å²) >= 11 is 1.47. The molecule has 0 bridgehead atoms. The van der Waals surface area contributed by atoms with Gasteiger partial charge in [0.25, 0.3) is 0 Å². The van der Waals surface area contributed by atoms with E-state index in [1.165, 1.54) is 34.2 Å². The number of carboxylic acids is 1. The summed E-state index contributed by atoms with van der Waals surface area (Å²) in [6, 6.07) is 27.5. The molecule has 0 spiro atoms. The number of hydrogen-bond donors (Lipinski definition) is 2. The first-order chi connectivity index (χ1) is 21.0. The Morgan fingerprint density at radius 3 is 2.00 bits per heavy atom. The number of benzene rings is 3. The van der Waals surface area contributed by atoms with Crippen LogP contribution in [0.25, 0.3) is 16.5 Å². The fraction of sp³-hybridized carbons (Fsp3) is 0.297. The second kappa shape index (κ2) is 11.2. The van der Waals surface area contributed by atoms with Gasteiger partial charge in [-0.05, 0) is 107 Å². The highest BCUT2D eigenvalue weighted by Gasteiger charge is 2.40. The van der Waals surface area contributed by atoms with Gasteiger partial charge in [-0.3, -0.25) is 0 Å². The lowest BCUT2D eigenvalue weighted by molar-refractivity contribution is -0.132. The van der Waals surface area contributed by atoms with Crippen LogP contribution in [0.1, 0.15) is 56.5 Å². The first kappa shape index (κ1) is 29.5. The van der Waals surface area contributed by atoms with Crippen molar-refractivity contribution in [2.75, 3.05) is 35.3 Å². The zero-order valence-electron chi connectivity index (χ0n) is 25.9. The van der Waals surface area contributed by atoms with Crippen molar-refractivity contribution in [2.24, 2.45) is 0 Å². The molecule has 3 aromatic carbocycles. The quantitative estimate of drug-likeness (QED) is 0.162. The maximum atomic E-state index is 11.3. The number of nitrogens with one attached hydrogen (secondary N) is 1. The molecular weight excluding hydrogens is 565 g/mol. The Morgan fingerprint density at radius 1 is 0.909 bits per heavy atom. The Labute approximate surface area is 263 Å². The molecule has 0 saturated heterocycles. The highest BCUT2D eigenvalue weighted by molar-refractivity contribution is 7.16. The summed E-state index contributed by atoms with van der Waals surface area (Å²) in [5, 5.41) is 21.6. The average molecular weight is 603 g/mol. The normalized spacial score (nSPS) is 16.5. The van der Waals surface area contributed by atoms with Crippen LogP contribution in [0.5, 0.6) is 0 Å². The predicted molar refractivity (Wildman–Crippen MR) is 183 cm³/mol. The number of rotatable bonds is 7. The third-order valence-electron chi connectivity index (χ3n) is 9.23. The molecule has 0 fully saturated rings. The summed E-state index contributed by atoms with van der Waals surface area (Å²) in [6.45, 7) is 11.7. The molecule has 6 nitrogen and oxygen atoms in total. The molecule has 2 N–H and O–H groups in total. The smallest absolute Gasteiger partial charge is 0.346 e. The van der Waals surface area contributed by atoms with E-state index in [4.69, 9.17) is 5.26 Å². The molecule has 1 aromatic heterocycles. The van der Waals surface area contributed by atoms with Crippen molar-refractivity contribution in [3.05, 3.63) is 94.4 Å². The van der Waals surface area contributed by atoms with E-state index < -0.39 is 5.97 Å². The second-order valence-corrected chi connectivity index (χ2v) is 14.1. The van der Waals surface area contributed by atoms with Gasteiger partial charge in [0.15, 0.2) is 0 Å². The molecule has 0 saturated carbocycles. The number of carboxylic acid groups (broad SMARTS) is 1. The average Bonchev–Trinajstić information content (AvgIpc) is 3.48. The SMILES string of the molecule is CNc1ccc(N(c2ccc(-c3ccc(/C=C(\C#N)C(=O)O)s3)cc2)c2cc3c4c(c2)C(C)(C)CCN4CCC3(C)C)cc1. The van der Waals surface area contributed by atoms with Crippen molar-refractivity contribution in [3.63, 3.8) is 0 Å². The minimum absolute atomic E-state index is 0.0763. The van der Waals surface area contributed by atoms with Crippen LogP contribution >= 0.6 is 11.3 Å². The Morgan fingerprint density at radius 2 is 1.48 bits per heavy atom. The standard InChI is InChI=1S/C37H38N4O2S/c1-36(2)16-18-40-19-17-37(3,4)32-22-29(21-31(36)34(32)40)41(28-12-8-26(39-5)9-13-28)27-10-6-24(7-11-27)33-15-14-30(44-33)20-25(23-38)35(42)43/h6-15,20-22,39H,16-19H2,1-5H3,(H,42,43)/b25-20+. The molecule has 2 aliphatic rings. The number of nitriles is 1. The molecule has 0 atom stereocenters. The molecule has 0 radical (unpaired) electrons. The molecule has 7 heteroatoms. The van der Waals surface area contributed by atoms with E-state index in [0.717, 1.165) is 64.0 Å². The Kier molecular flexibility index (Phi) is 7.51. The van der Waals surface area contributed by atoms with E-state index >= 15 is 0 Å². The summed E-state index contributed by atoms with van der Waals surface area (Å²) < 4.78 is 0. The van der Waals surface area contributed by atoms with Crippen molar-refractivity contribution in [1.29, 1.82) is 5.26 Å². The summed E-state index contributed by atoms with van der Waals surface area (Å²) in [4.78, 5) is 18.0. The number of aliphatic carboxylic acids is 1. The monoisotopic (exact) mass is 602 g/mol. The van der Waals surface area contributed by atoms with E-state index in [1.807, 2.05) is 19.2 Å². The van der Waals surface area contributed by atoms with Crippen molar-refractivity contribution in [3.8, 4) is 16.5 Å². The van der Waals surface area contributed by atoms with Crippen LogP contribution in [0.3, 0.4) is 0 Å². The summed E-state index contributed by atoms with van der Waals surface area (Å²) in [6.07, 6.45) is 3.69. The van der Waals surface area contributed by atoms with E-state index in [-0.39, 0.29) is 16.4 Å². The first-order valence-corrected chi connectivity index (χ1v) is 15.9. The van der Waals surface area contributed by atoms with Crippen LogP contribution < -0.4 is 15.1 Å². The Hall–Kier alpha value is -4.54. The van der Waals surface area contributed by atoms with Crippen molar-refractivity contribution in [1.82, 2.24) is 0 Å². The van der Waals surface area contributed by atoms with Crippen LogP contribution in [0.4, 0.5) is 28.4 Å². The minimum Gasteiger partial charge on any atom is -0.477 e. The molecule has 224 valence electrons. The highest BCUT2D eigenvalue weighted by Crippen LogP contribution is 2.52. The number of hydrogen-bond acceptors (Lipinski definition) is 6. The van der Waals surface area contributed by atoms with Gasteiger partial charge in [-0.1, -0.05) is 39.8 Å². The van der Waals surface area contributed by atoms with Crippen LogP contribution in [-0.2, 0) is 15.6 Å². The number of nitrogens with zero attached hydrogens (tertiary/aromatic N) is 3. The van der Waals surface area contributed by atoms with E-state index in [0.29, 0.717) is 0 Å². The molecule has 0 amide bonds. The highest BCUT2D eigenvalue weighted by atomic mass is 32.1. The fourth-order valence-electron chi connectivity index (χ4n) is 6.42. The summed E-state index contributed by atoms with van der Waals surface area (Å²) in [7, 11) is 1.93. The zero-order valence-corrected chi connectivity index (χ0v) is 26.8. The lowest BCUT2D eigenvalue weighted by Gasteiger charge is -2.48. The fourth-order valence-corrected chi connectivity index (χ4v) is 7.38. The maximum Gasteiger partial charge on any atom is 0.346 e. The summed E-state index contributed by atoms with van der Waals surface area (Å²) in [5.41, 5.74) is 9.58. The lowest BCUT2D eigenvalue weighted by atomic mass is 9.69. The first-order valence-electron chi connectivity index (χ1n) is 15.1. The van der Waals surface area contributed by atoms with Crippen LogP contribution in [0.15, 0.2) is 78.4 Å².